The zero-order chi connectivity index (χ0) is 13.8. The van der Waals surface area contributed by atoms with E-state index in [1.165, 1.54) is 0 Å². The molecule has 0 bridgehead atoms. The second kappa shape index (κ2) is 6.19. The molecule has 1 saturated carbocycles. The lowest BCUT2D eigenvalue weighted by atomic mass is 9.78. The number of para-hydroxylation sites is 1. The van der Waals surface area contributed by atoms with Crippen molar-refractivity contribution >= 4 is 33.5 Å². The molecule has 2 rings (SSSR count). The molecule has 5 heteroatoms. The Labute approximate surface area is 120 Å². The quantitative estimate of drug-likeness (QED) is 0.896. The first kappa shape index (κ1) is 14.1. The lowest BCUT2D eigenvalue weighted by Gasteiger charge is -2.27. The van der Waals surface area contributed by atoms with Crippen LogP contribution in [0.15, 0.2) is 28.7 Å². The van der Waals surface area contributed by atoms with E-state index in [2.05, 4.69) is 21.2 Å². The predicted octanol–water partition coefficient (Wildman–Crippen LogP) is 3.28. The number of aliphatic carboxylic acids is 1. The van der Waals surface area contributed by atoms with E-state index in [9.17, 15) is 14.7 Å². The number of carbonyl (C=O) groups is 2. The van der Waals surface area contributed by atoms with Crippen LogP contribution in [-0.4, -0.2) is 17.0 Å². The number of nitrogens with one attached hydrogen (secondary N) is 1. The molecule has 0 spiro atoms. The molecule has 1 fully saturated rings. The van der Waals surface area contributed by atoms with Crippen molar-refractivity contribution < 1.29 is 14.7 Å². The zero-order valence-corrected chi connectivity index (χ0v) is 12.0. The van der Waals surface area contributed by atoms with Crippen LogP contribution in [0.2, 0.25) is 0 Å². The second-order valence-electron chi connectivity index (χ2n) is 4.80. The minimum Gasteiger partial charge on any atom is -0.481 e. The number of carboxylic acid groups (broad SMARTS) is 1. The number of hydrogen-bond donors (Lipinski definition) is 2. The van der Waals surface area contributed by atoms with Gasteiger partial charge < -0.3 is 10.4 Å². The minimum absolute atomic E-state index is 0.195. The highest BCUT2D eigenvalue weighted by Crippen LogP contribution is 2.32. The third-order valence-electron chi connectivity index (χ3n) is 3.55. The standard InChI is InChI=1S/C14H16BrNO3/c15-11-7-3-4-8-12(11)16-13(17)9-5-1-2-6-10(9)14(18)19/h3-4,7-10H,1-2,5-6H2,(H,16,17)(H,18,19)/t9-,10+/m0/s1. The summed E-state index contributed by atoms with van der Waals surface area (Å²) in [5.41, 5.74) is 0.683. The van der Waals surface area contributed by atoms with Crippen molar-refractivity contribution in [1.82, 2.24) is 0 Å². The number of halogens is 1. The highest BCUT2D eigenvalue weighted by Gasteiger charge is 2.35. The third-order valence-corrected chi connectivity index (χ3v) is 4.24. The molecule has 1 aromatic rings. The van der Waals surface area contributed by atoms with Crippen molar-refractivity contribution in [2.75, 3.05) is 5.32 Å². The molecule has 1 amide bonds. The number of carbonyl (C=O) groups excluding carboxylic acids is 1. The van der Waals surface area contributed by atoms with Crippen molar-refractivity contribution in [2.24, 2.45) is 11.8 Å². The topological polar surface area (TPSA) is 66.4 Å². The molecule has 0 aromatic heterocycles. The fourth-order valence-corrected chi connectivity index (χ4v) is 2.91. The van der Waals surface area contributed by atoms with E-state index in [0.717, 1.165) is 17.3 Å². The number of rotatable bonds is 3. The maximum atomic E-state index is 12.2. The Kier molecular flexibility index (Phi) is 4.58. The normalized spacial score (nSPS) is 22.8. The first-order valence-corrected chi connectivity index (χ1v) is 7.17. The van der Waals surface area contributed by atoms with Gasteiger partial charge in [0, 0.05) is 4.47 Å². The van der Waals surface area contributed by atoms with Crippen LogP contribution >= 0.6 is 15.9 Å². The van der Waals surface area contributed by atoms with E-state index < -0.39 is 17.8 Å². The van der Waals surface area contributed by atoms with Gasteiger partial charge in [0.1, 0.15) is 0 Å². The average Bonchev–Trinajstić information content (AvgIpc) is 2.41. The van der Waals surface area contributed by atoms with E-state index in [1.54, 1.807) is 6.07 Å². The Bertz CT molecular complexity index is 489. The molecule has 0 aliphatic heterocycles. The van der Waals surface area contributed by atoms with Gasteiger partial charge in [0.2, 0.25) is 5.91 Å². The molecule has 0 unspecified atom stereocenters. The van der Waals surface area contributed by atoms with Crippen molar-refractivity contribution in [3.05, 3.63) is 28.7 Å². The summed E-state index contributed by atoms with van der Waals surface area (Å²) < 4.78 is 0.797. The van der Waals surface area contributed by atoms with E-state index in [4.69, 9.17) is 0 Å². The van der Waals surface area contributed by atoms with Gasteiger partial charge in [-0.05, 0) is 40.9 Å². The lowest BCUT2D eigenvalue weighted by molar-refractivity contribution is -0.147. The van der Waals surface area contributed by atoms with E-state index in [0.29, 0.717) is 18.5 Å². The molecular formula is C14H16BrNO3. The summed E-state index contributed by atoms with van der Waals surface area (Å²) in [6, 6.07) is 7.32. The molecule has 19 heavy (non-hydrogen) atoms. The van der Waals surface area contributed by atoms with Gasteiger partial charge in [0.05, 0.1) is 17.5 Å². The van der Waals surface area contributed by atoms with Gasteiger partial charge >= 0.3 is 5.97 Å². The Balaban J connectivity index is 2.10. The molecule has 0 radical (unpaired) electrons. The van der Waals surface area contributed by atoms with Gasteiger partial charge in [-0.15, -0.1) is 0 Å². The molecule has 2 atom stereocenters. The van der Waals surface area contributed by atoms with E-state index >= 15 is 0 Å². The number of amides is 1. The first-order valence-electron chi connectivity index (χ1n) is 6.38. The number of hydrogen-bond acceptors (Lipinski definition) is 2. The molecule has 1 aliphatic rings. The van der Waals surface area contributed by atoms with Gasteiger partial charge in [0.15, 0.2) is 0 Å². The Morgan fingerprint density at radius 3 is 2.42 bits per heavy atom. The Hall–Kier alpha value is -1.36. The zero-order valence-electron chi connectivity index (χ0n) is 10.4. The minimum atomic E-state index is -0.869. The molecule has 1 aliphatic carbocycles. The van der Waals surface area contributed by atoms with Crippen LogP contribution in [0, 0.1) is 11.8 Å². The highest BCUT2D eigenvalue weighted by molar-refractivity contribution is 9.10. The lowest BCUT2D eigenvalue weighted by Crippen LogP contribution is -2.36. The van der Waals surface area contributed by atoms with Crippen LogP contribution in [-0.2, 0) is 9.59 Å². The van der Waals surface area contributed by atoms with Gasteiger partial charge in [-0.2, -0.15) is 0 Å². The summed E-state index contributed by atoms with van der Waals surface area (Å²) in [5, 5.41) is 12.0. The maximum absolute atomic E-state index is 12.2. The number of carboxylic acids is 1. The van der Waals surface area contributed by atoms with Crippen LogP contribution < -0.4 is 5.32 Å². The average molecular weight is 326 g/mol. The molecule has 2 N–H and O–H groups in total. The van der Waals surface area contributed by atoms with Gasteiger partial charge in [-0.25, -0.2) is 0 Å². The molecular weight excluding hydrogens is 310 g/mol. The number of anilines is 1. The van der Waals surface area contributed by atoms with Crippen molar-refractivity contribution in [1.29, 1.82) is 0 Å². The van der Waals surface area contributed by atoms with E-state index in [1.807, 2.05) is 18.2 Å². The fourth-order valence-electron chi connectivity index (χ4n) is 2.53. The molecule has 0 heterocycles. The van der Waals surface area contributed by atoms with Crippen LogP contribution in [0.1, 0.15) is 25.7 Å². The van der Waals surface area contributed by atoms with Gasteiger partial charge in [-0.1, -0.05) is 25.0 Å². The summed E-state index contributed by atoms with van der Waals surface area (Å²) in [4.78, 5) is 23.4. The van der Waals surface area contributed by atoms with Gasteiger partial charge in [-0.3, -0.25) is 9.59 Å². The van der Waals surface area contributed by atoms with E-state index in [-0.39, 0.29) is 5.91 Å². The van der Waals surface area contributed by atoms with Gasteiger partial charge in [0.25, 0.3) is 0 Å². The summed E-state index contributed by atoms with van der Waals surface area (Å²) in [6.45, 7) is 0. The molecule has 102 valence electrons. The SMILES string of the molecule is O=C(Nc1ccccc1Br)[C@H]1CCCC[C@H]1C(=O)O. The number of benzene rings is 1. The monoisotopic (exact) mass is 325 g/mol. The summed E-state index contributed by atoms with van der Waals surface area (Å²) in [5.74, 6) is -2.06. The predicted molar refractivity (Wildman–Crippen MR) is 75.9 cm³/mol. The Morgan fingerprint density at radius 1 is 1.16 bits per heavy atom. The second-order valence-corrected chi connectivity index (χ2v) is 5.66. The molecule has 1 aromatic carbocycles. The van der Waals surface area contributed by atoms with Crippen LogP contribution in [0.5, 0.6) is 0 Å². The van der Waals surface area contributed by atoms with Crippen LogP contribution in [0.3, 0.4) is 0 Å². The van der Waals surface area contributed by atoms with Crippen LogP contribution in [0.4, 0.5) is 5.69 Å². The fraction of sp³-hybridized carbons (Fsp3) is 0.429. The van der Waals surface area contributed by atoms with Crippen molar-refractivity contribution in [2.45, 2.75) is 25.7 Å². The van der Waals surface area contributed by atoms with Crippen molar-refractivity contribution in [3.8, 4) is 0 Å². The highest BCUT2D eigenvalue weighted by atomic mass is 79.9. The maximum Gasteiger partial charge on any atom is 0.307 e. The summed E-state index contributed by atoms with van der Waals surface area (Å²) in [6.07, 6.45) is 3.03. The van der Waals surface area contributed by atoms with Crippen molar-refractivity contribution in [3.63, 3.8) is 0 Å². The van der Waals surface area contributed by atoms with Crippen LogP contribution in [0.25, 0.3) is 0 Å². The summed E-state index contributed by atoms with van der Waals surface area (Å²) >= 11 is 3.36. The smallest absolute Gasteiger partial charge is 0.307 e. The third kappa shape index (κ3) is 3.35. The Morgan fingerprint density at radius 2 is 1.79 bits per heavy atom. The molecule has 0 saturated heterocycles. The first-order chi connectivity index (χ1) is 9.09. The molecule has 4 nitrogen and oxygen atoms in total. The largest absolute Gasteiger partial charge is 0.481 e. The summed E-state index contributed by atoms with van der Waals surface area (Å²) in [7, 11) is 0.